The maximum atomic E-state index is 11.5. The van der Waals surface area contributed by atoms with Crippen molar-refractivity contribution in [2.75, 3.05) is 27.9 Å². The van der Waals surface area contributed by atoms with Crippen molar-refractivity contribution in [3.05, 3.63) is 17.7 Å². The first-order valence-electron chi connectivity index (χ1n) is 6.15. The van der Waals surface area contributed by atoms with Crippen molar-refractivity contribution in [2.24, 2.45) is 0 Å². The van der Waals surface area contributed by atoms with Crippen LogP contribution in [0.3, 0.4) is 0 Å². The molecule has 0 spiro atoms. The summed E-state index contributed by atoms with van der Waals surface area (Å²) in [4.78, 5) is 11.5. The number of carbonyl (C=O) groups excluding carboxylic acids is 1. The van der Waals surface area contributed by atoms with Crippen molar-refractivity contribution in [3.63, 3.8) is 0 Å². The zero-order valence-electron chi connectivity index (χ0n) is 12.0. The van der Waals surface area contributed by atoms with E-state index >= 15 is 0 Å². The van der Waals surface area contributed by atoms with Gasteiger partial charge in [-0.15, -0.1) is 6.42 Å². The highest BCUT2D eigenvalue weighted by Crippen LogP contribution is 2.38. The molecule has 0 unspecified atom stereocenters. The Morgan fingerprint density at radius 3 is 2.25 bits per heavy atom. The number of nitrogens with one attached hydrogen (secondary N) is 1. The second-order valence-electron chi connectivity index (χ2n) is 4.01. The smallest absolute Gasteiger partial charge is 0.221 e. The number of aryl methyl sites for hydroxylation is 1. The molecule has 20 heavy (non-hydrogen) atoms. The Kier molecular flexibility index (Phi) is 6.24. The molecule has 1 amide bonds. The Balaban J connectivity index is 2.81. The van der Waals surface area contributed by atoms with E-state index in [9.17, 15) is 4.79 Å². The topological polar surface area (TPSA) is 56.8 Å². The zero-order valence-corrected chi connectivity index (χ0v) is 12.0. The molecule has 0 heterocycles. The number of amides is 1. The van der Waals surface area contributed by atoms with Gasteiger partial charge in [0.25, 0.3) is 0 Å². The van der Waals surface area contributed by atoms with E-state index in [2.05, 4.69) is 11.2 Å². The fourth-order valence-electron chi connectivity index (χ4n) is 1.78. The molecule has 0 atom stereocenters. The van der Waals surface area contributed by atoms with Crippen molar-refractivity contribution >= 4 is 5.91 Å². The van der Waals surface area contributed by atoms with Gasteiger partial charge in [-0.2, -0.15) is 0 Å². The Bertz CT molecular complexity index is 480. The number of methoxy groups -OCH3 is 3. The molecule has 108 valence electrons. The summed E-state index contributed by atoms with van der Waals surface area (Å²) < 4.78 is 15.8. The summed E-state index contributed by atoms with van der Waals surface area (Å²) in [7, 11) is 4.66. The Morgan fingerprint density at radius 2 is 1.80 bits per heavy atom. The van der Waals surface area contributed by atoms with Crippen LogP contribution in [0.5, 0.6) is 17.2 Å². The van der Waals surface area contributed by atoms with Gasteiger partial charge in [-0.05, 0) is 24.1 Å². The van der Waals surface area contributed by atoms with E-state index in [0.717, 1.165) is 5.56 Å². The molecular formula is C15H19NO4. The number of terminal acetylenes is 1. The highest BCUT2D eigenvalue weighted by atomic mass is 16.5. The average Bonchev–Trinajstić information content (AvgIpc) is 2.49. The minimum Gasteiger partial charge on any atom is -0.493 e. The van der Waals surface area contributed by atoms with E-state index < -0.39 is 0 Å². The van der Waals surface area contributed by atoms with E-state index in [1.165, 1.54) is 0 Å². The molecule has 1 N–H and O–H groups in total. The van der Waals surface area contributed by atoms with Gasteiger partial charge < -0.3 is 19.5 Å². The summed E-state index contributed by atoms with van der Waals surface area (Å²) in [5.74, 6) is 3.96. The van der Waals surface area contributed by atoms with Crippen molar-refractivity contribution < 1.29 is 19.0 Å². The summed E-state index contributed by atoms with van der Waals surface area (Å²) in [6, 6.07) is 3.66. The lowest BCUT2D eigenvalue weighted by molar-refractivity contribution is -0.120. The van der Waals surface area contributed by atoms with E-state index in [1.807, 2.05) is 12.1 Å². The first-order chi connectivity index (χ1) is 9.65. The standard InChI is InChI=1S/C15H19NO4/c1-5-8-16-14(17)7-6-11-9-12(18-2)15(20-4)13(10-11)19-3/h1,9-10H,6-8H2,2-4H3,(H,16,17). The maximum absolute atomic E-state index is 11.5. The summed E-state index contributed by atoms with van der Waals surface area (Å²) in [6.07, 6.45) is 5.99. The summed E-state index contributed by atoms with van der Waals surface area (Å²) in [6.45, 7) is 0.244. The van der Waals surface area contributed by atoms with Crippen LogP contribution in [0, 0.1) is 12.3 Å². The van der Waals surface area contributed by atoms with E-state index in [-0.39, 0.29) is 12.5 Å². The first kappa shape index (κ1) is 15.7. The third-order valence-electron chi connectivity index (χ3n) is 2.75. The largest absolute Gasteiger partial charge is 0.493 e. The average molecular weight is 277 g/mol. The Labute approximate surface area is 119 Å². The molecule has 1 aromatic rings. The van der Waals surface area contributed by atoms with Crippen molar-refractivity contribution in [3.8, 4) is 29.6 Å². The van der Waals surface area contributed by atoms with Gasteiger partial charge >= 0.3 is 0 Å². The van der Waals surface area contributed by atoms with E-state index in [1.54, 1.807) is 21.3 Å². The zero-order chi connectivity index (χ0) is 15.0. The monoisotopic (exact) mass is 277 g/mol. The lowest BCUT2D eigenvalue weighted by Crippen LogP contribution is -2.23. The summed E-state index contributed by atoms with van der Waals surface area (Å²) >= 11 is 0. The summed E-state index contributed by atoms with van der Waals surface area (Å²) in [5, 5.41) is 2.62. The Hall–Kier alpha value is -2.35. The molecule has 5 heteroatoms. The number of hydrogen-bond acceptors (Lipinski definition) is 4. The highest BCUT2D eigenvalue weighted by Gasteiger charge is 2.13. The molecule has 0 aliphatic carbocycles. The van der Waals surface area contributed by atoms with E-state index in [4.69, 9.17) is 20.6 Å². The third-order valence-corrected chi connectivity index (χ3v) is 2.75. The molecule has 0 fully saturated rings. The lowest BCUT2D eigenvalue weighted by Gasteiger charge is -2.14. The number of rotatable bonds is 7. The van der Waals surface area contributed by atoms with Crippen LogP contribution in [-0.4, -0.2) is 33.8 Å². The minimum atomic E-state index is -0.0864. The molecule has 0 saturated carbocycles. The van der Waals surface area contributed by atoms with Crippen LogP contribution in [0.2, 0.25) is 0 Å². The van der Waals surface area contributed by atoms with Gasteiger partial charge in [-0.25, -0.2) is 0 Å². The molecule has 5 nitrogen and oxygen atoms in total. The van der Waals surface area contributed by atoms with Crippen LogP contribution in [0.15, 0.2) is 12.1 Å². The minimum absolute atomic E-state index is 0.0864. The van der Waals surface area contributed by atoms with Gasteiger partial charge in [0.05, 0.1) is 27.9 Å². The van der Waals surface area contributed by atoms with Crippen LogP contribution in [0.4, 0.5) is 0 Å². The Morgan fingerprint density at radius 1 is 1.20 bits per heavy atom. The molecule has 1 rings (SSSR count). The third kappa shape index (κ3) is 4.09. The van der Waals surface area contributed by atoms with Crippen LogP contribution >= 0.6 is 0 Å². The van der Waals surface area contributed by atoms with Crippen molar-refractivity contribution in [2.45, 2.75) is 12.8 Å². The number of hydrogen-bond donors (Lipinski definition) is 1. The molecule has 0 saturated heterocycles. The molecular weight excluding hydrogens is 258 g/mol. The van der Waals surface area contributed by atoms with Gasteiger partial charge in [-0.1, -0.05) is 5.92 Å². The predicted octanol–water partition coefficient (Wildman–Crippen LogP) is 1.39. The van der Waals surface area contributed by atoms with Crippen LogP contribution in [-0.2, 0) is 11.2 Å². The fourth-order valence-corrected chi connectivity index (χ4v) is 1.78. The van der Waals surface area contributed by atoms with Crippen LogP contribution < -0.4 is 19.5 Å². The van der Waals surface area contributed by atoms with Crippen LogP contribution in [0.1, 0.15) is 12.0 Å². The summed E-state index contributed by atoms with van der Waals surface area (Å²) in [5.41, 5.74) is 0.926. The molecule has 0 radical (unpaired) electrons. The molecule has 0 bridgehead atoms. The number of carbonyl (C=O) groups is 1. The SMILES string of the molecule is C#CCNC(=O)CCc1cc(OC)c(OC)c(OC)c1. The van der Waals surface area contributed by atoms with Gasteiger partial charge in [0.15, 0.2) is 11.5 Å². The van der Waals surface area contributed by atoms with Gasteiger partial charge in [0.2, 0.25) is 11.7 Å². The second kappa shape index (κ2) is 7.95. The highest BCUT2D eigenvalue weighted by molar-refractivity contribution is 5.76. The first-order valence-corrected chi connectivity index (χ1v) is 6.15. The molecule has 1 aromatic carbocycles. The second-order valence-corrected chi connectivity index (χ2v) is 4.01. The molecule has 0 aliphatic rings. The quantitative estimate of drug-likeness (QED) is 0.765. The fraction of sp³-hybridized carbons (Fsp3) is 0.400. The van der Waals surface area contributed by atoms with Gasteiger partial charge in [0.1, 0.15) is 0 Å². The predicted molar refractivity (Wildman–Crippen MR) is 76.3 cm³/mol. The maximum Gasteiger partial charge on any atom is 0.221 e. The van der Waals surface area contributed by atoms with Gasteiger partial charge in [0, 0.05) is 6.42 Å². The number of ether oxygens (including phenoxy) is 3. The van der Waals surface area contributed by atoms with Crippen molar-refractivity contribution in [1.82, 2.24) is 5.32 Å². The lowest BCUT2D eigenvalue weighted by atomic mass is 10.1. The number of benzene rings is 1. The van der Waals surface area contributed by atoms with Crippen LogP contribution in [0.25, 0.3) is 0 Å². The molecule has 0 aromatic heterocycles. The van der Waals surface area contributed by atoms with E-state index in [0.29, 0.717) is 30.1 Å². The normalized spacial score (nSPS) is 9.50. The van der Waals surface area contributed by atoms with Crippen molar-refractivity contribution in [1.29, 1.82) is 0 Å². The molecule has 0 aliphatic heterocycles. The van der Waals surface area contributed by atoms with Gasteiger partial charge in [-0.3, -0.25) is 4.79 Å².